The Kier molecular flexibility index (Phi) is 6.83. The van der Waals surface area contributed by atoms with Crippen LogP contribution in [-0.4, -0.2) is 50.5 Å². The van der Waals surface area contributed by atoms with E-state index in [0.717, 1.165) is 48.2 Å². The van der Waals surface area contributed by atoms with Gasteiger partial charge in [-0.1, -0.05) is 18.2 Å². The van der Waals surface area contributed by atoms with Gasteiger partial charge in [-0.2, -0.15) is 0 Å². The van der Waals surface area contributed by atoms with Gasteiger partial charge in [-0.3, -0.25) is 10.1 Å². The lowest BCUT2D eigenvalue weighted by Crippen LogP contribution is -2.21. The van der Waals surface area contributed by atoms with E-state index in [2.05, 4.69) is 68.5 Å². The first-order valence-corrected chi connectivity index (χ1v) is 13.1. The zero-order chi connectivity index (χ0) is 24.4. The number of rotatable bonds is 8. The van der Waals surface area contributed by atoms with Crippen molar-refractivity contribution in [1.82, 2.24) is 25.1 Å². The van der Waals surface area contributed by atoms with Crippen molar-refractivity contribution >= 4 is 39.2 Å². The molecule has 0 atom stereocenters. The molecule has 0 spiro atoms. The molecule has 0 saturated carbocycles. The van der Waals surface area contributed by atoms with Crippen LogP contribution in [0.3, 0.4) is 0 Å². The minimum atomic E-state index is 0.0842. The van der Waals surface area contributed by atoms with Gasteiger partial charge in [0.15, 0.2) is 10.9 Å². The van der Waals surface area contributed by atoms with E-state index in [1.54, 1.807) is 5.38 Å². The molecule has 2 aromatic heterocycles. The summed E-state index contributed by atoms with van der Waals surface area (Å²) in [7, 11) is 0. The molecule has 7 nitrogen and oxygen atoms in total. The number of Topliss-reactive ketones (excluding diaryl/α,β-unsaturated/α-hetero) is 1. The number of benzene rings is 2. The van der Waals surface area contributed by atoms with Crippen molar-refractivity contribution in [2.75, 3.05) is 25.0 Å². The second-order valence-electron chi connectivity index (χ2n) is 9.30. The molecule has 0 amide bonds. The lowest BCUT2D eigenvalue weighted by Gasteiger charge is -2.13. The molecule has 0 unspecified atom stereocenters. The third-order valence-corrected chi connectivity index (χ3v) is 7.36. The summed E-state index contributed by atoms with van der Waals surface area (Å²) >= 11 is 1.38. The van der Waals surface area contributed by atoms with Crippen molar-refractivity contribution in [3.8, 4) is 11.1 Å². The van der Waals surface area contributed by atoms with Gasteiger partial charge in [-0.25, -0.2) is 9.97 Å². The summed E-state index contributed by atoms with van der Waals surface area (Å²) in [6, 6.07) is 10.5. The van der Waals surface area contributed by atoms with Crippen molar-refractivity contribution in [3.63, 3.8) is 0 Å². The van der Waals surface area contributed by atoms with Crippen molar-refractivity contribution in [3.05, 3.63) is 58.1 Å². The summed E-state index contributed by atoms with van der Waals surface area (Å²) in [5.74, 6) is 0.462. The van der Waals surface area contributed by atoms with Gasteiger partial charge >= 0.3 is 0 Å². The fourth-order valence-corrected chi connectivity index (χ4v) is 5.54. The van der Waals surface area contributed by atoms with Gasteiger partial charge in [-0.15, -0.1) is 21.5 Å². The number of likely N-dealkylation sites (tertiary alicyclic amines) is 1. The molecule has 2 aromatic carbocycles. The predicted molar refractivity (Wildman–Crippen MR) is 142 cm³/mol. The van der Waals surface area contributed by atoms with Crippen LogP contribution in [0.2, 0.25) is 0 Å². The number of ketones is 1. The summed E-state index contributed by atoms with van der Waals surface area (Å²) in [6.45, 7) is 9.59. The number of hydrogen-bond acceptors (Lipinski definition) is 8. The van der Waals surface area contributed by atoms with Crippen molar-refractivity contribution in [1.29, 1.82) is 0 Å². The quantitative estimate of drug-likeness (QED) is 0.312. The largest absolute Gasteiger partial charge is 0.303 e. The van der Waals surface area contributed by atoms with Crippen LogP contribution >= 0.6 is 11.3 Å². The lowest BCUT2D eigenvalue weighted by molar-refractivity contribution is 0.0972. The van der Waals surface area contributed by atoms with Crippen LogP contribution in [0.15, 0.2) is 35.7 Å². The lowest BCUT2D eigenvalue weighted by atomic mass is 9.94. The van der Waals surface area contributed by atoms with E-state index < -0.39 is 0 Å². The summed E-state index contributed by atoms with van der Waals surface area (Å²) < 4.78 is 0. The van der Waals surface area contributed by atoms with E-state index in [1.165, 1.54) is 40.9 Å². The highest BCUT2D eigenvalue weighted by molar-refractivity contribution is 7.14. The van der Waals surface area contributed by atoms with Gasteiger partial charge in [0.25, 0.3) is 0 Å². The Balaban J connectivity index is 1.29. The Labute approximate surface area is 209 Å². The predicted octanol–water partition coefficient (Wildman–Crippen LogP) is 5.88. The average Bonchev–Trinajstić information content (AvgIpc) is 3.52. The van der Waals surface area contributed by atoms with Crippen molar-refractivity contribution < 1.29 is 4.79 Å². The summed E-state index contributed by atoms with van der Waals surface area (Å²) in [6.07, 6.45) is 3.94. The second kappa shape index (κ2) is 10.2. The van der Waals surface area contributed by atoms with E-state index >= 15 is 0 Å². The molecule has 0 aliphatic carbocycles. The zero-order valence-corrected chi connectivity index (χ0v) is 21.3. The van der Waals surface area contributed by atoms with Crippen molar-refractivity contribution in [2.45, 2.75) is 46.5 Å². The molecule has 3 heterocycles. The van der Waals surface area contributed by atoms with Crippen LogP contribution in [0.5, 0.6) is 0 Å². The van der Waals surface area contributed by atoms with Gasteiger partial charge in [-0.05, 0) is 99.6 Å². The third kappa shape index (κ3) is 5.23. The van der Waals surface area contributed by atoms with Crippen LogP contribution in [0, 0.1) is 20.8 Å². The molecule has 1 saturated heterocycles. The van der Waals surface area contributed by atoms with E-state index in [0.29, 0.717) is 23.2 Å². The first-order valence-electron chi connectivity index (χ1n) is 12.2. The highest BCUT2D eigenvalue weighted by Gasteiger charge is 2.16. The molecule has 0 radical (unpaired) electrons. The minimum absolute atomic E-state index is 0.0842. The molecule has 1 N–H and O–H groups in total. The molecular weight excluding hydrogens is 456 g/mol. The van der Waals surface area contributed by atoms with Gasteiger partial charge in [0.2, 0.25) is 5.95 Å². The van der Waals surface area contributed by atoms with E-state index in [1.807, 2.05) is 13.0 Å². The molecule has 1 fully saturated rings. The number of thiazole rings is 1. The standard InChI is InChI=1S/C27H30N6OS/c1-17-8-6-9-18(2)24(17)20-14-19(3)25-21(15-20)31-32-26(29-25)30-27-28-22(16-35-27)23(34)10-7-13-33-11-4-5-12-33/h6,8-9,14-16H,4-5,7,10-13H2,1-3H3,(H,28,29,30,32). The molecular formula is C27H30N6OS. The van der Waals surface area contributed by atoms with Crippen LogP contribution in [0.25, 0.3) is 22.2 Å². The third-order valence-electron chi connectivity index (χ3n) is 6.61. The maximum Gasteiger partial charge on any atom is 0.249 e. The number of aryl methyl sites for hydroxylation is 3. The van der Waals surface area contributed by atoms with Crippen LogP contribution in [0.4, 0.5) is 11.1 Å². The van der Waals surface area contributed by atoms with Crippen LogP contribution in [0.1, 0.15) is 52.9 Å². The Morgan fingerprint density at radius 2 is 1.80 bits per heavy atom. The molecule has 0 bridgehead atoms. The van der Waals surface area contributed by atoms with E-state index in [4.69, 9.17) is 0 Å². The number of fused-ring (bicyclic) bond motifs is 1. The molecule has 1 aliphatic rings. The van der Waals surface area contributed by atoms with Gasteiger partial charge in [0, 0.05) is 11.8 Å². The highest BCUT2D eigenvalue weighted by atomic mass is 32.1. The molecule has 8 heteroatoms. The fraction of sp³-hybridized carbons (Fsp3) is 0.370. The average molecular weight is 487 g/mol. The van der Waals surface area contributed by atoms with Crippen LogP contribution in [-0.2, 0) is 0 Å². The highest BCUT2D eigenvalue weighted by Crippen LogP contribution is 2.31. The Morgan fingerprint density at radius 1 is 1.03 bits per heavy atom. The Morgan fingerprint density at radius 3 is 2.57 bits per heavy atom. The number of aromatic nitrogens is 4. The number of anilines is 2. The topological polar surface area (TPSA) is 83.9 Å². The van der Waals surface area contributed by atoms with Crippen molar-refractivity contribution in [2.24, 2.45) is 0 Å². The normalized spacial score (nSPS) is 14.0. The van der Waals surface area contributed by atoms with Gasteiger partial charge in [0.1, 0.15) is 11.2 Å². The Hall–Kier alpha value is -3.23. The molecule has 35 heavy (non-hydrogen) atoms. The number of hydrogen-bond donors (Lipinski definition) is 1. The SMILES string of the molecule is Cc1cccc(C)c1-c1cc(C)c2nc(Nc3nc(C(=O)CCCN4CCCC4)cs3)nnc2c1. The molecule has 4 aromatic rings. The van der Waals surface area contributed by atoms with Gasteiger partial charge in [0.05, 0.1) is 5.52 Å². The first kappa shape index (κ1) is 23.5. The summed E-state index contributed by atoms with van der Waals surface area (Å²) in [4.78, 5) is 24.1. The van der Waals surface area contributed by atoms with Crippen LogP contribution < -0.4 is 5.32 Å². The number of nitrogens with one attached hydrogen (secondary N) is 1. The molecule has 1 aliphatic heterocycles. The maximum absolute atomic E-state index is 12.6. The number of carbonyl (C=O) groups excluding carboxylic acids is 1. The summed E-state index contributed by atoms with van der Waals surface area (Å²) in [5, 5.41) is 14.2. The van der Waals surface area contributed by atoms with E-state index in [-0.39, 0.29) is 5.78 Å². The number of nitrogens with zero attached hydrogens (tertiary/aromatic N) is 5. The minimum Gasteiger partial charge on any atom is -0.303 e. The summed E-state index contributed by atoms with van der Waals surface area (Å²) in [5.41, 5.74) is 7.89. The Bertz CT molecular complexity index is 1360. The smallest absolute Gasteiger partial charge is 0.249 e. The first-order chi connectivity index (χ1) is 17.0. The molecule has 5 rings (SSSR count). The monoisotopic (exact) mass is 486 g/mol. The maximum atomic E-state index is 12.6. The molecule has 180 valence electrons. The fourth-order valence-electron chi connectivity index (χ4n) is 4.83. The zero-order valence-electron chi connectivity index (χ0n) is 20.5. The van der Waals surface area contributed by atoms with Gasteiger partial charge < -0.3 is 4.90 Å². The number of carbonyl (C=O) groups is 1. The van der Waals surface area contributed by atoms with E-state index in [9.17, 15) is 4.79 Å². The second-order valence-corrected chi connectivity index (χ2v) is 10.2.